The SMILES string of the molecule is CCCCCCC#CCCC(=O)CC. The lowest BCUT2D eigenvalue weighted by molar-refractivity contribution is -0.118. The zero-order valence-corrected chi connectivity index (χ0v) is 9.57. The minimum atomic E-state index is 0.324. The Bertz CT molecular complexity index is 195. The van der Waals surface area contributed by atoms with Crippen molar-refractivity contribution in [2.45, 2.75) is 65.2 Å². The van der Waals surface area contributed by atoms with Crippen molar-refractivity contribution in [1.29, 1.82) is 0 Å². The number of hydrogen-bond donors (Lipinski definition) is 0. The number of rotatable bonds is 7. The van der Waals surface area contributed by atoms with Gasteiger partial charge in [-0.3, -0.25) is 4.79 Å². The average molecular weight is 194 g/mol. The molecule has 0 aliphatic heterocycles. The molecule has 0 fully saturated rings. The summed E-state index contributed by atoms with van der Waals surface area (Å²) in [7, 11) is 0. The van der Waals surface area contributed by atoms with Crippen LogP contribution in [0.2, 0.25) is 0 Å². The number of hydrogen-bond acceptors (Lipinski definition) is 1. The molecule has 0 saturated carbocycles. The van der Waals surface area contributed by atoms with Crippen molar-refractivity contribution in [3.05, 3.63) is 0 Å². The summed E-state index contributed by atoms with van der Waals surface area (Å²) in [6.07, 6.45) is 8.13. The fourth-order valence-corrected chi connectivity index (χ4v) is 1.20. The second kappa shape index (κ2) is 10.3. The molecule has 1 heteroatoms. The lowest BCUT2D eigenvalue weighted by atomic mass is 10.1. The van der Waals surface area contributed by atoms with Gasteiger partial charge < -0.3 is 0 Å². The van der Waals surface area contributed by atoms with E-state index < -0.39 is 0 Å². The monoisotopic (exact) mass is 194 g/mol. The highest BCUT2D eigenvalue weighted by molar-refractivity contribution is 5.78. The molecule has 0 amide bonds. The molecule has 0 aromatic rings. The highest BCUT2D eigenvalue weighted by Gasteiger charge is 1.93. The van der Waals surface area contributed by atoms with E-state index in [0.717, 1.165) is 12.8 Å². The summed E-state index contributed by atoms with van der Waals surface area (Å²) < 4.78 is 0. The largest absolute Gasteiger partial charge is 0.300 e. The molecule has 1 nitrogen and oxygen atoms in total. The molecule has 0 bridgehead atoms. The first-order chi connectivity index (χ1) is 6.81. The van der Waals surface area contributed by atoms with Crippen LogP contribution < -0.4 is 0 Å². The van der Waals surface area contributed by atoms with Gasteiger partial charge in [-0.15, -0.1) is 11.8 Å². The predicted molar refractivity (Wildman–Crippen MR) is 61.1 cm³/mol. The Morgan fingerprint density at radius 1 is 1.00 bits per heavy atom. The Hall–Kier alpha value is -0.770. The highest BCUT2D eigenvalue weighted by atomic mass is 16.1. The fraction of sp³-hybridized carbons (Fsp3) is 0.769. The predicted octanol–water partition coefficient (Wildman–Crippen LogP) is 3.72. The third-order valence-electron chi connectivity index (χ3n) is 2.20. The molecular formula is C13H22O. The van der Waals surface area contributed by atoms with E-state index in [1.54, 1.807) is 0 Å². The van der Waals surface area contributed by atoms with Gasteiger partial charge in [-0.2, -0.15) is 0 Å². The summed E-state index contributed by atoms with van der Waals surface area (Å²) in [6.45, 7) is 4.11. The van der Waals surface area contributed by atoms with Gasteiger partial charge in [0.25, 0.3) is 0 Å². The molecule has 0 aromatic carbocycles. The number of Topliss-reactive ketones (excluding diaryl/α,β-unsaturated/α-hetero) is 1. The van der Waals surface area contributed by atoms with Crippen molar-refractivity contribution >= 4 is 5.78 Å². The van der Waals surface area contributed by atoms with E-state index in [9.17, 15) is 4.79 Å². The third kappa shape index (κ3) is 9.32. The maximum Gasteiger partial charge on any atom is 0.133 e. The van der Waals surface area contributed by atoms with E-state index >= 15 is 0 Å². The normalized spacial score (nSPS) is 9.29. The van der Waals surface area contributed by atoms with Crippen LogP contribution in [0, 0.1) is 11.8 Å². The van der Waals surface area contributed by atoms with Crippen molar-refractivity contribution in [2.75, 3.05) is 0 Å². The second-order valence-electron chi connectivity index (χ2n) is 3.56. The minimum Gasteiger partial charge on any atom is -0.300 e. The van der Waals surface area contributed by atoms with Gasteiger partial charge in [0.15, 0.2) is 0 Å². The first kappa shape index (κ1) is 13.2. The van der Waals surface area contributed by atoms with Crippen molar-refractivity contribution in [1.82, 2.24) is 0 Å². The minimum absolute atomic E-state index is 0.324. The van der Waals surface area contributed by atoms with Crippen LogP contribution >= 0.6 is 0 Å². The smallest absolute Gasteiger partial charge is 0.133 e. The second-order valence-corrected chi connectivity index (χ2v) is 3.56. The van der Waals surface area contributed by atoms with Crippen LogP contribution in [0.15, 0.2) is 0 Å². The Labute approximate surface area is 88.3 Å². The van der Waals surface area contributed by atoms with Gasteiger partial charge in [0.05, 0.1) is 0 Å². The van der Waals surface area contributed by atoms with Crippen molar-refractivity contribution in [2.24, 2.45) is 0 Å². The standard InChI is InChI=1S/C13H22O/c1-3-5-6-7-8-9-10-11-12-13(14)4-2/h3-8,11-12H2,1-2H3. The molecule has 0 aliphatic carbocycles. The molecule has 0 N–H and O–H groups in total. The maximum atomic E-state index is 10.9. The molecule has 0 spiro atoms. The summed E-state index contributed by atoms with van der Waals surface area (Å²) in [6, 6.07) is 0. The molecule has 0 radical (unpaired) electrons. The van der Waals surface area contributed by atoms with Crippen molar-refractivity contribution in [3.63, 3.8) is 0 Å². The Morgan fingerprint density at radius 2 is 1.71 bits per heavy atom. The summed E-state index contributed by atoms with van der Waals surface area (Å²) in [5, 5.41) is 0. The summed E-state index contributed by atoms with van der Waals surface area (Å²) >= 11 is 0. The van der Waals surface area contributed by atoms with Gasteiger partial charge in [-0.25, -0.2) is 0 Å². The van der Waals surface area contributed by atoms with Crippen LogP contribution in [0.4, 0.5) is 0 Å². The Morgan fingerprint density at radius 3 is 2.36 bits per heavy atom. The van der Waals surface area contributed by atoms with Crippen molar-refractivity contribution < 1.29 is 4.79 Å². The van der Waals surface area contributed by atoms with Gasteiger partial charge in [0, 0.05) is 25.7 Å². The molecular weight excluding hydrogens is 172 g/mol. The van der Waals surface area contributed by atoms with E-state index in [1.807, 2.05) is 6.92 Å². The molecule has 80 valence electrons. The van der Waals surface area contributed by atoms with E-state index in [0.29, 0.717) is 18.6 Å². The lowest BCUT2D eigenvalue weighted by Gasteiger charge is -1.92. The molecule has 0 saturated heterocycles. The van der Waals surface area contributed by atoms with Gasteiger partial charge in [-0.05, 0) is 6.42 Å². The molecule has 0 aliphatic rings. The van der Waals surface area contributed by atoms with Gasteiger partial charge in [0.1, 0.15) is 5.78 Å². The van der Waals surface area contributed by atoms with Crippen LogP contribution in [0.5, 0.6) is 0 Å². The Balaban J connectivity index is 3.22. The molecule has 0 aromatic heterocycles. The lowest BCUT2D eigenvalue weighted by Crippen LogP contribution is -1.92. The van der Waals surface area contributed by atoms with E-state index in [1.165, 1.54) is 25.7 Å². The van der Waals surface area contributed by atoms with Crippen LogP contribution in [-0.2, 0) is 4.79 Å². The summed E-state index contributed by atoms with van der Waals surface area (Å²) in [5.41, 5.74) is 0. The van der Waals surface area contributed by atoms with E-state index in [4.69, 9.17) is 0 Å². The topological polar surface area (TPSA) is 17.1 Å². The van der Waals surface area contributed by atoms with E-state index in [2.05, 4.69) is 18.8 Å². The number of unbranched alkanes of at least 4 members (excludes halogenated alkanes) is 4. The van der Waals surface area contributed by atoms with Crippen LogP contribution in [-0.4, -0.2) is 5.78 Å². The van der Waals surface area contributed by atoms with E-state index in [-0.39, 0.29) is 0 Å². The third-order valence-corrected chi connectivity index (χ3v) is 2.20. The summed E-state index contributed by atoms with van der Waals surface area (Å²) in [5.74, 6) is 6.50. The molecule has 14 heavy (non-hydrogen) atoms. The molecule has 0 rings (SSSR count). The van der Waals surface area contributed by atoms with Crippen LogP contribution in [0.25, 0.3) is 0 Å². The fourth-order valence-electron chi connectivity index (χ4n) is 1.20. The average Bonchev–Trinajstić information content (AvgIpc) is 2.21. The molecule has 0 atom stereocenters. The highest BCUT2D eigenvalue weighted by Crippen LogP contribution is 2.01. The zero-order chi connectivity index (χ0) is 10.6. The quantitative estimate of drug-likeness (QED) is 0.446. The zero-order valence-electron chi connectivity index (χ0n) is 9.57. The number of carbonyl (C=O) groups excluding carboxylic acids is 1. The van der Waals surface area contributed by atoms with Gasteiger partial charge >= 0.3 is 0 Å². The molecule has 0 unspecified atom stereocenters. The van der Waals surface area contributed by atoms with Crippen LogP contribution in [0.3, 0.4) is 0 Å². The van der Waals surface area contributed by atoms with Crippen LogP contribution in [0.1, 0.15) is 65.2 Å². The molecule has 0 heterocycles. The Kier molecular flexibility index (Phi) is 9.74. The maximum absolute atomic E-state index is 10.9. The van der Waals surface area contributed by atoms with Gasteiger partial charge in [-0.1, -0.05) is 33.1 Å². The number of carbonyl (C=O) groups is 1. The van der Waals surface area contributed by atoms with Gasteiger partial charge in [0.2, 0.25) is 0 Å². The number of ketones is 1. The van der Waals surface area contributed by atoms with Crippen molar-refractivity contribution in [3.8, 4) is 11.8 Å². The first-order valence-electron chi connectivity index (χ1n) is 5.78. The summed E-state index contributed by atoms with van der Waals surface area (Å²) in [4.78, 5) is 10.9. The first-order valence-corrected chi connectivity index (χ1v) is 5.78.